The molecule has 0 aromatic heterocycles. The van der Waals surface area contributed by atoms with E-state index in [-0.39, 0.29) is 11.9 Å². The molecule has 0 radical (unpaired) electrons. The van der Waals surface area contributed by atoms with Crippen LogP contribution in [0.3, 0.4) is 0 Å². The summed E-state index contributed by atoms with van der Waals surface area (Å²) in [6.45, 7) is 1.67. The summed E-state index contributed by atoms with van der Waals surface area (Å²) in [5.41, 5.74) is 7.64. The Labute approximate surface area is 135 Å². The monoisotopic (exact) mass is 318 g/mol. The van der Waals surface area contributed by atoms with Crippen molar-refractivity contribution >= 4 is 23.4 Å². The quantitative estimate of drug-likeness (QED) is 0.751. The van der Waals surface area contributed by atoms with Gasteiger partial charge in [-0.25, -0.2) is 0 Å². The highest BCUT2D eigenvalue weighted by Crippen LogP contribution is 2.15. The van der Waals surface area contributed by atoms with Crippen molar-refractivity contribution in [2.24, 2.45) is 5.73 Å². The molecule has 1 aliphatic heterocycles. The number of nitrogens with one attached hydrogen (secondary N) is 1. The van der Waals surface area contributed by atoms with Crippen LogP contribution in [-0.4, -0.2) is 41.6 Å². The maximum Gasteiger partial charge on any atom is 0.240 e. The van der Waals surface area contributed by atoms with E-state index in [1.807, 2.05) is 17.0 Å². The zero-order chi connectivity index (χ0) is 15.8. The Balaban J connectivity index is 1.60. The number of carbonyl (C=O) groups excluding carboxylic acids is 1. The largest absolute Gasteiger partial charge is 0.385 e. The van der Waals surface area contributed by atoms with Crippen molar-refractivity contribution in [2.75, 3.05) is 30.0 Å². The third kappa shape index (κ3) is 4.93. The minimum atomic E-state index is -0.367. The molecule has 1 aliphatic rings. The van der Waals surface area contributed by atoms with E-state index in [1.165, 1.54) is 0 Å². The molecule has 5 nitrogen and oxygen atoms in total. The molecule has 0 saturated carbocycles. The van der Waals surface area contributed by atoms with E-state index in [4.69, 9.17) is 11.0 Å². The number of hydrogen-bond donors (Lipinski definition) is 2. The average molecular weight is 318 g/mol. The van der Waals surface area contributed by atoms with Crippen molar-refractivity contribution in [1.82, 2.24) is 4.90 Å². The number of benzene rings is 1. The zero-order valence-corrected chi connectivity index (χ0v) is 13.4. The van der Waals surface area contributed by atoms with Gasteiger partial charge < -0.3 is 16.0 Å². The van der Waals surface area contributed by atoms with E-state index in [2.05, 4.69) is 11.4 Å². The van der Waals surface area contributed by atoms with Crippen LogP contribution >= 0.6 is 11.8 Å². The van der Waals surface area contributed by atoms with Crippen LogP contribution in [-0.2, 0) is 4.79 Å². The van der Waals surface area contributed by atoms with Gasteiger partial charge in [0.2, 0.25) is 5.91 Å². The standard InChI is InChI=1S/C16H22N4OS/c17-11-13-4-6-14(7-5-13)19-8-2-1-3-15(18)16(21)20-9-10-22-12-20/h4-7,15,19H,1-3,8-10,12,18H2/t15-/m0/s1. The molecule has 1 atom stereocenters. The lowest BCUT2D eigenvalue weighted by Crippen LogP contribution is -2.42. The van der Waals surface area contributed by atoms with Crippen LogP contribution in [0, 0.1) is 11.3 Å². The van der Waals surface area contributed by atoms with Crippen molar-refractivity contribution in [3.8, 4) is 6.07 Å². The molecule has 1 amide bonds. The number of nitrogens with two attached hydrogens (primary N) is 1. The van der Waals surface area contributed by atoms with E-state index < -0.39 is 0 Å². The van der Waals surface area contributed by atoms with Gasteiger partial charge in [-0.15, -0.1) is 11.8 Å². The second-order valence-corrected chi connectivity index (χ2v) is 6.43. The van der Waals surface area contributed by atoms with Gasteiger partial charge in [0.15, 0.2) is 0 Å². The van der Waals surface area contributed by atoms with Gasteiger partial charge in [-0.1, -0.05) is 0 Å². The molecule has 0 bridgehead atoms. The molecule has 1 aromatic rings. The molecular formula is C16H22N4OS. The first kappa shape index (κ1) is 16.7. The predicted octanol–water partition coefficient (Wildman–Crippen LogP) is 2.00. The minimum Gasteiger partial charge on any atom is -0.385 e. The van der Waals surface area contributed by atoms with Crippen LogP contribution in [0.25, 0.3) is 0 Å². The van der Waals surface area contributed by atoms with Gasteiger partial charge in [-0.3, -0.25) is 4.79 Å². The Bertz CT molecular complexity index is 520. The molecule has 0 spiro atoms. The van der Waals surface area contributed by atoms with Gasteiger partial charge in [0.05, 0.1) is 23.6 Å². The summed E-state index contributed by atoms with van der Waals surface area (Å²) in [5.74, 6) is 1.89. The highest BCUT2D eigenvalue weighted by molar-refractivity contribution is 7.99. The lowest BCUT2D eigenvalue weighted by Gasteiger charge is -2.19. The Morgan fingerprint density at radius 2 is 2.18 bits per heavy atom. The van der Waals surface area contributed by atoms with Crippen molar-refractivity contribution in [1.29, 1.82) is 5.26 Å². The lowest BCUT2D eigenvalue weighted by molar-refractivity contribution is -0.131. The molecule has 0 aliphatic carbocycles. The van der Waals surface area contributed by atoms with Gasteiger partial charge >= 0.3 is 0 Å². The first-order valence-electron chi connectivity index (χ1n) is 7.57. The average Bonchev–Trinajstić information content (AvgIpc) is 3.08. The number of carbonyl (C=O) groups is 1. The van der Waals surface area contributed by atoms with Crippen molar-refractivity contribution < 1.29 is 4.79 Å². The summed E-state index contributed by atoms with van der Waals surface area (Å²) >= 11 is 1.78. The fourth-order valence-corrected chi connectivity index (χ4v) is 3.29. The Hall–Kier alpha value is -1.71. The maximum absolute atomic E-state index is 12.0. The molecule has 1 aromatic carbocycles. The first-order chi connectivity index (χ1) is 10.7. The minimum absolute atomic E-state index is 0.0880. The third-order valence-electron chi connectivity index (χ3n) is 3.67. The number of amides is 1. The van der Waals surface area contributed by atoms with Gasteiger partial charge in [0, 0.05) is 24.5 Å². The summed E-state index contributed by atoms with van der Waals surface area (Å²) < 4.78 is 0. The number of unbranched alkanes of at least 4 members (excludes halogenated alkanes) is 1. The molecular weight excluding hydrogens is 296 g/mol. The van der Waals surface area contributed by atoms with Gasteiger partial charge in [0.25, 0.3) is 0 Å². The fourth-order valence-electron chi connectivity index (χ4n) is 2.33. The third-order valence-corrected chi connectivity index (χ3v) is 4.63. The van der Waals surface area contributed by atoms with Crippen LogP contribution in [0.1, 0.15) is 24.8 Å². The van der Waals surface area contributed by atoms with Crippen molar-refractivity contribution in [2.45, 2.75) is 25.3 Å². The van der Waals surface area contributed by atoms with Crippen molar-refractivity contribution in [3.63, 3.8) is 0 Å². The van der Waals surface area contributed by atoms with Crippen LogP contribution in [0.4, 0.5) is 5.69 Å². The number of rotatable bonds is 7. The van der Waals surface area contributed by atoms with Crippen LogP contribution in [0.2, 0.25) is 0 Å². The van der Waals surface area contributed by atoms with E-state index >= 15 is 0 Å². The summed E-state index contributed by atoms with van der Waals surface area (Å²) in [6, 6.07) is 9.13. The molecule has 118 valence electrons. The van der Waals surface area contributed by atoms with Crippen molar-refractivity contribution in [3.05, 3.63) is 29.8 Å². The molecule has 2 rings (SSSR count). The SMILES string of the molecule is N#Cc1ccc(NCCCC[C@H](N)C(=O)N2CCSC2)cc1. The molecule has 6 heteroatoms. The van der Waals surface area contributed by atoms with E-state index in [9.17, 15) is 4.79 Å². The second kappa shape index (κ2) is 8.66. The highest BCUT2D eigenvalue weighted by atomic mass is 32.2. The number of thioether (sulfide) groups is 1. The molecule has 3 N–H and O–H groups in total. The summed E-state index contributed by atoms with van der Waals surface area (Å²) in [7, 11) is 0. The number of hydrogen-bond acceptors (Lipinski definition) is 5. The zero-order valence-electron chi connectivity index (χ0n) is 12.6. The van der Waals surface area contributed by atoms with Gasteiger partial charge in [-0.2, -0.15) is 5.26 Å². The first-order valence-corrected chi connectivity index (χ1v) is 8.72. The van der Waals surface area contributed by atoms with Crippen LogP contribution in [0.5, 0.6) is 0 Å². The maximum atomic E-state index is 12.0. The fraction of sp³-hybridized carbons (Fsp3) is 0.500. The predicted molar refractivity (Wildman–Crippen MR) is 90.5 cm³/mol. The van der Waals surface area contributed by atoms with E-state index in [0.717, 1.165) is 49.7 Å². The summed E-state index contributed by atoms with van der Waals surface area (Å²) in [5, 5.41) is 12.0. The Morgan fingerprint density at radius 3 is 2.82 bits per heavy atom. The topological polar surface area (TPSA) is 82.1 Å². The van der Waals surface area contributed by atoms with Gasteiger partial charge in [-0.05, 0) is 43.5 Å². The molecule has 1 heterocycles. The second-order valence-electron chi connectivity index (χ2n) is 5.36. The molecule has 1 fully saturated rings. The molecule has 1 saturated heterocycles. The van der Waals surface area contributed by atoms with Crippen LogP contribution < -0.4 is 11.1 Å². The molecule has 22 heavy (non-hydrogen) atoms. The van der Waals surface area contributed by atoms with E-state index in [0.29, 0.717) is 5.56 Å². The Morgan fingerprint density at radius 1 is 1.41 bits per heavy atom. The summed E-state index contributed by atoms with van der Waals surface area (Å²) in [4.78, 5) is 13.9. The number of nitriles is 1. The normalized spacial score (nSPS) is 15.4. The lowest BCUT2D eigenvalue weighted by atomic mass is 10.1. The number of anilines is 1. The van der Waals surface area contributed by atoms with Crippen LogP contribution in [0.15, 0.2) is 24.3 Å². The smallest absolute Gasteiger partial charge is 0.240 e. The van der Waals surface area contributed by atoms with Gasteiger partial charge in [0.1, 0.15) is 0 Å². The van der Waals surface area contributed by atoms with E-state index in [1.54, 1.807) is 23.9 Å². The molecule has 0 unspecified atom stereocenters. The number of nitrogens with zero attached hydrogens (tertiary/aromatic N) is 2. The Kier molecular flexibility index (Phi) is 6.56. The summed E-state index contributed by atoms with van der Waals surface area (Å²) in [6.07, 6.45) is 2.63. The highest BCUT2D eigenvalue weighted by Gasteiger charge is 2.23.